The van der Waals surface area contributed by atoms with Crippen LogP contribution >= 0.6 is 0 Å². The number of hydrogen-bond acceptors (Lipinski definition) is 3. The van der Waals surface area contributed by atoms with E-state index in [0.29, 0.717) is 31.3 Å². The van der Waals surface area contributed by atoms with Crippen LogP contribution in [0.1, 0.15) is 65.2 Å². The molecule has 3 rings (SSSR count). The Balaban J connectivity index is 1.49. The molecule has 6 nitrogen and oxygen atoms in total. The van der Waals surface area contributed by atoms with Crippen molar-refractivity contribution >= 4 is 17.8 Å². The van der Waals surface area contributed by atoms with Crippen molar-refractivity contribution in [2.75, 3.05) is 13.1 Å². The summed E-state index contributed by atoms with van der Waals surface area (Å²) in [5.74, 6) is 0.670. The van der Waals surface area contributed by atoms with Gasteiger partial charge >= 0.3 is 6.03 Å². The number of imide groups is 1. The summed E-state index contributed by atoms with van der Waals surface area (Å²) in [6.45, 7) is 4.60. The third-order valence-corrected chi connectivity index (χ3v) is 5.78. The second-order valence-electron chi connectivity index (χ2n) is 7.96. The molecule has 3 fully saturated rings. The van der Waals surface area contributed by atoms with Gasteiger partial charge in [0.15, 0.2) is 0 Å². The summed E-state index contributed by atoms with van der Waals surface area (Å²) in [5, 5.41) is 2.67. The van der Waals surface area contributed by atoms with Crippen LogP contribution in [0.2, 0.25) is 0 Å². The fourth-order valence-electron chi connectivity index (χ4n) is 4.49. The maximum Gasteiger partial charge on any atom is 0.325 e. The van der Waals surface area contributed by atoms with Gasteiger partial charge in [0.25, 0.3) is 5.91 Å². The predicted octanol–water partition coefficient (Wildman–Crippen LogP) is 2.28. The number of nitrogens with zero attached hydrogens (tertiary/aromatic N) is 2. The number of amides is 4. The Hall–Kier alpha value is -1.59. The Morgan fingerprint density at radius 1 is 1.17 bits per heavy atom. The zero-order valence-corrected chi connectivity index (χ0v) is 14.8. The van der Waals surface area contributed by atoms with E-state index in [-0.39, 0.29) is 17.8 Å². The molecule has 1 aliphatic carbocycles. The molecule has 0 aromatic carbocycles. The van der Waals surface area contributed by atoms with E-state index in [1.54, 1.807) is 13.8 Å². The fraction of sp³-hybridized carbons (Fsp3) is 0.833. The minimum absolute atomic E-state index is 0.190. The van der Waals surface area contributed by atoms with Gasteiger partial charge in [0, 0.05) is 25.6 Å². The highest BCUT2D eigenvalue weighted by Crippen LogP contribution is 2.35. The van der Waals surface area contributed by atoms with E-state index >= 15 is 0 Å². The zero-order chi connectivity index (χ0) is 17.3. The lowest BCUT2D eigenvalue weighted by Gasteiger charge is -2.29. The molecule has 134 valence electrons. The van der Waals surface area contributed by atoms with Crippen LogP contribution < -0.4 is 5.32 Å². The fourth-order valence-corrected chi connectivity index (χ4v) is 4.49. The molecule has 0 radical (unpaired) electrons. The lowest BCUT2D eigenvalue weighted by Crippen LogP contribution is -2.41. The van der Waals surface area contributed by atoms with Gasteiger partial charge in [-0.25, -0.2) is 4.79 Å². The van der Waals surface area contributed by atoms with Gasteiger partial charge < -0.3 is 10.2 Å². The molecular weight excluding hydrogens is 306 g/mol. The second kappa shape index (κ2) is 6.73. The molecule has 3 aliphatic rings. The smallest absolute Gasteiger partial charge is 0.325 e. The highest BCUT2D eigenvalue weighted by atomic mass is 16.2. The van der Waals surface area contributed by atoms with Crippen LogP contribution in [-0.2, 0) is 9.59 Å². The summed E-state index contributed by atoms with van der Waals surface area (Å²) in [6, 6.07) is 0.0816. The number of likely N-dealkylation sites (tertiary alicyclic amines) is 1. The summed E-state index contributed by atoms with van der Waals surface area (Å²) in [6.07, 6.45) is 8.31. The van der Waals surface area contributed by atoms with E-state index in [0.717, 1.165) is 19.4 Å². The number of carbonyl (C=O) groups excluding carboxylic acids is 3. The molecule has 0 aromatic heterocycles. The van der Waals surface area contributed by atoms with Gasteiger partial charge in [-0.15, -0.1) is 0 Å². The average Bonchev–Trinajstić information content (AvgIpc) is 3.22. The molecular formula is C18H29N3O3. The first-order valence-corrected chi connectivity index (χ1v) is 9.34. The Labute approximate surface area is 143 Å². The number of nitrogens with one attached hydrogen (secondary N) is 1. The molecule has 1 saturated carbocycles. The summed E-state index contributed by atoms with van der Waals surface area (Å²) >= 11 is 0. The standard InChI is InChI=1S/C18H29N3O3/c1-18(2)16(23)21(17(24)19-18)12-6-10-15(22)20-11-5-9-14(20)13-7-3-4-8-13/h13-14H,3-12H2,1-2H3,(H,19,24)/t14-/m1/s1. The molecule has 1 atom stereocenters. The molecule has 0 unspecified atom stereocenters. The molecule has 4 amide bonds. The summed E-state index contributed by atoms with van der Waals surface area (Å²) in [4.78, 5) is 39.9. The minimum Gasteiger partial charge on any atom is -0.339 e. The number of rotatable bonds is 5. The molecule has 2 heterocycles. The van der Waals surface area contributed by atoms with E-state index in [9.17, 15) is 14.4 Å². The molecule has 0 bridgehead atoms. The summed E-state index contributed by atoms with van der Waals surface area (Å²) in [5.41, 5.74) is -0.830. The van der Waals surface area contributed by atoms with Crippen molar-refractivity contribution in [3.63, 3.8) is 0 Å². The zero-order valence-electron chi connectivity index (χ0n) is 14.8. The van der Waals surface area contributed by atoms with Gasteiger partial charge in [-0.2, -0.15) is 0 Å². The largest absolute Gasteiger partial charge is 0.339 e. The Bertz CT molecular complexity index is 526. The van der Waals surface area contributed by atoms with Gasteiger partial charge in [0.2, 0.25) is 5.91 Å². The third kappa shape index (κ3) is 3.28. The summed E-state index contributed by atoms with van der Waals surface area (Å²) in [7, 11) is 0. The molecule has 6 heteroatoms. The van der Waals surface area contributed by atoms with E-state index in [4.69, 9.17) is 0 Å². The van der Waals surface area contributed by atoms with Crippen molar-refractivity contribution in [2.45, 2.75) is 76.8 Å². The van der Waals surface area contributed by atoms with Gasteiger partial charge in [0.05, 0.1) is 0 Å². The van der Waals surface area contributed by atoms with Crippen LogP contribution in [0.3, 0.4) is 0 Å². The van der Waals surface area contributed by atoms with Crippen LogP contribution in [0.4, 0.5) is 4.79 Å². The lowest BCUT2D eigenvalue weighted by molar-refractivity contribution is -0.134. The predicted molar refractivity (Wildman–Crippen MR) is 90.3 cm³/mol. The first-order chi connectivity index (χ1) is 11.4. The van der Waals surface area contributed by atoms with Crippen LogP contribution in [0.25, 0.3) is 0 Å². The van der Waals surface area contributed by atoms with Gasteiger partial charge in [-0.1, -0.05) is 12.8 Å². The van der Waals surface area contributed by atoms with E-state index in [1.807, 2.05) is 0 Å². The molecule has 1 N–H and O–H groups in total. The number of urea groups is 1. The second-order valence-corrected chi connectivity index (χ2v) is 7.96. The van der Waals surface area contributed by atoms with E-state index in [1.165, 1.54) is 30.6 Å². The Morgan fingerprint density at radius 2 is 1.88 bits per heavy atom. The molecule has 2 saturated heterocycles. The van der Waals surface area contributed by atoms with Crippen molar-refractivity contribution in [3.8, 4) is 0 Å². The number of hydrogen-bond donors (Lipinski definition) is 1. The average molecular weight is 335 g/mol. The van der Waals surface area contributed by atoms with Crippen molar-refractivity contribution in [1.29, 1.82) is 0 Å². The molecule has 24 heavy (non-hydrogen) atoms. The van der Waals surface area contributed by atoms with Crippen molar-refractivity contribution < 1.29 is 14.4 Å². The van der Waals surface area contributed by atoms with Crippen LogP contribution in [0.5, 0.6) is 0 Å². The van der Waals surface area contributed by atoms with Gasteiger partial charge in [-0.05, 0) is 51.9 Å². The van der Waals surface area contributed by atoms with Crippen molar-refractivity contribution in [2.24, 2.45) is 5.92 Å². The van der Waals surface area contributed by atoms with E-state index < -0.39 is 5.54 Å². The van der Waals surface area contributed by atoms with Crippen LogP contribution in [-0.4, -0.2) is 52.3 Å². The van der Waals surface area contributed by atoms with Crippen LogP contribution in [0, 0.1) is 5.92 Å². The van der Waals surface area contributed by atoms with E-state index in [2.05, 4.69) is 10.2 Å². The first kappa shape index (κ1) is 17.2. The third-order valence-electron chi connectivity index (χ3n) is 5.78. The maximum atomic E-state index is 12.6. The first-order valence-electron chi connectivity index (χ1n) is 9.34. The van der Waals surface area contributed by atoms with Crippen LogP contribution in [0.15, 0.2) is 0 Å². The number of carbonyl (C=O) groups is 3. The van der Waals surface area contributed by atoms with Crippen molar-refractivity contribution in [1.82, 2.24) is 15.1 Å². The molecule has 2 aliphatic heterocycles. The SMILES string of the molecule is CC1(C)NC(=O)N(CCCC(=O)N2CCC[C@@H]2C2CCCC2)C1=O. The molecule has 0 aromatic rings. The lowest BCUT2D eigenvalue weighted by atomic mass is 9.96. The maximum absolute atomic E-state index is 12.6. The highest BCUT2D eigenvalue weighted by molar-refractivity contribution is 6.06. The minimum atomic E-state index is -0.830. The van der Waals surface area contributed by atoms with Crippen molar-refractivity contribution in [3.05, 3.63) is 0 Å². The highest BCUT2D eigenvalue weighted by Gasteiger charge is 2.44. The topological polar surface area (TPSA) is 69.7 Å². The molecule has 0 spiro atoms. The normalized spacial score (nSPS) is 27.2. The quantitative estimate of drug-likeness (QED) is 0.784. The van der Waals surface area contributed by atoms with Gasteiger partial charge in [0.1, 0.15) is 5.54 Å². The van der Waals surface area contributed by atoms with Gasteiger partial charge in [-0.3, -0.25) is 14.5 Å². The monoisotopic (exact) mass is 335 g/mol. The summed E-state index contributed by atoms with van der Waals surface area (Å²) < 4.78 is 0. The Kier molecular flexibility index (Phi) is 4.83. The Morgan fingerprint density at radius 3 is 2.50 bits per heavy atom.